The zero-order valence-electron chi connectivity index (χ0n) is 8.96. The molecule has 1 aromatic rings. The Morgan fingerprint density at radius 2 is 2.00 bits per heavy atom. The van der Waals surface area contributed by atoms with E-state index >= 15 is 0 Å². The minimum Gasteiger partial charge on any atom is -0.143 e. The van der Waals surface area contributed by atoms with Crippen LogP contribution in [0.5, 0.6) is 0 Å². The van der Waals surface area contributed by atoms with Crippen molar-refractivity contribution >= 4 is 18.7 Å². The van der Waals surface area contributed by atoms with E-state index in [1.165, 1.54) is 16.7 Å². The van der Waals surface area contributed by atoms with Crippen LogP contribution in [0.2, 0.25) is 0 Å². The van der Waals surface area contributed by atoms with Gasteiger partial charge in [0, 0.05) is 4.90 Å². The van der Waals surface area contributed by atoms with E-state index in [0.717, 1.165) is 11.3 Å². The summed E-state index contributed by atoms with van der Waals surface area (Å²) in [4.78, 5) is 1.05. The van der Waals surface area contributed by atoms with Crippen LogP contribution in [-0.2, 0) is 6.42 Å². The van der Waals surface area contributed by atoms with E-state index in [9.17, 15) is 0 Å². The van der Waals surface area contributed by atoms with Gasteiger partial charge in [0.15, 0.2) is 0 Å². The molecule has 14 heavy (non-hydrogen) atoms. The molecule has 0 bridgehead atoms. The molecule has 2 rings (SSSR count). The first-order valence-corrected chi connectivity index (χ1v) is 5.44. The Bertz CT molecular complexity index is 400. The van der Waals surface area contributed by atoms with Crippen molar-refractivity contribution in [1.82, 2.24) is 0 Å². The maximum Gasteiger partial charge on any atom is 0.00461 e. The molecule has 0 heterocycles. The van der Waals surface area contributed by atoms with Crippen molar-refractivity contribution in [1.29, 1.82) is 0 Å². The number of thiol groups is 1. The monoisotopic (exact) mass is 204 g/mol. The molecule has 0 N–H and O–H groups in total. The lowest BCUT2D eigenvalue weighted by Gasteiger charge is -2.31. The van der Waals surface area contributed by atoms with Gasteiger partial charge in [-0.2, -0.15) is 0 Å². The molecular formula is C13H16S. The van der Waals surface area contributed by atoms with Crippen molar-refractivity contribution in [3.8, 4) is 0 Å². The van der Waals surface area contributed by atoms with Gasteiger partial charge in [0.25, 0.3) is 0 Å². The topological polar surface area (TPSA) is 0 Å². The summed E-state index contributed by atoms with van der Waals surface area (Å²) in [6, 6.07) is 6.42. The second kappa shape index (κ2) is 3.16. The third kappa shape index (κ3) is 1.61. The molecule has 74 valence electrons. The van der Waals surface area contributed by atoms with Gasteiger partial charge >= 0.3 is 0 Å². The fourth-order valence-electron chi connectivity index (χ4n) is 1.92. The smallest absolute Gasteiger partial charge is 0.00461 e. The highest BCUT2D eigenvalue weighted by atomic mass is 32.1. The predicted octanol–water partition coefficient (Wildman–Crippen LogP) is 3.96. The summed E-state index contributed by atoms with van der Waals surface area (Å²) in [6.45, 7) is 6.82. The van der Waals surface area contributed by atoms with Crippen LogP contribution in [0, 0.1) is 5.41 Å². The van der Waals surface area contributed by atoms with Gasteiger partial charge < -0.3 is 0 Å². The van der Waals surface area contributed by atoms with E-state index in [-0.39, 0.29) is 0 Å². The SMILES string of the molecule is CC1=Cc2cc(S)ccc2CC1(C)C. The Morgan fingerprint density at radius 3 is 2.71 bits per heavy atom. The van der Waals surface area contributed by atoms with Crippen molar-refractivity contribution in [2.75, 3.05) is 0 Å². The minimum absolute atomic E-state index is 0.311. The summed E-state index contributed by atoms with van der Waals surface area (Å²) >= 11 is 4.36. The second-order valence-corrected chi connectivity index (χ2v) is 5.29. The van der Waals surface area contributed by atoms with Crippen LogP contribution in [0.4, 0.5) is 0 Å². The lowest BCUT2D eigenvalue weighted by Crippen LogP contribution is -2.20. The Morgan fingerprint density at radius 1 is 1.29 bits per heavy atom. The third-order valence-electron chi connectivity index (χ3n) is 3.20. The Hall–Kier alpha value is -0.690. The van der Waals surface area contributed by atoms with Gasteiger partial charge in [-0.15, -0.1) is 12.6 Å². The highest BCUT2D eigenvalue weighted by Crippen LogP contribution is 2.37. The van der Waals surface area contributed by atoms with E-state index in [1.54, 1.807) is 0 Å². The molecule has 0 fully saturated rings. The number of rotatable bonds is 0. The predicted molar refractivity (Wildman–Crippen MR) is 64.8 cm³/mol. The van der Waals surface area contributed by atoms with Gasteiger partial charge in [0.2, 0.25) is 0 Å². The highest BCUT2D eigenvalue weighted by Gasteiger charge is 2.25. The summed E-state index contributed by atoms with van der Waals surface area (Å²) in [6.07, 6.45) is 3.43. The van der Waals surface area contributed by atoms with E-state index in [2.05, 4.69) is 57.7 Å². The first kappa shape index (κ1) is 9.85. The van der Waals surface area contributed by atoms with Gasteiger partial charge in [-0.05, 0) is 42.0 Å². The van der Waals surface area contributed by atoms with E-state index in [1.807, 2.05) is 0 Å². The van der Waals surface area contributed by atoms with Crippen molar-refractivity contribution in [2.24, 2.45) is 5.41 Å². The Labute approximate surface area is 91.4 Å². The van der Waals surface area contributed by atoms with Crippen molar-refractivity contribution in [3.05, 3.63) is 34.9 Å². The molecule has 0 spiro atoms. The average molecular weight is 204 g/mol. The molecule has 0 saturated carbocycles. The van der Waals surface area contributed by atoms with Gasteiger partial charge in [0.1, 0.15) is 0 Å². The maximum atomic E-state index is 4.36. The zero-order valence-corrected chi connectivity index (χ0v) is 9.86. The van der Waals surface area contributed by atoms with Crippen molar-refractivity contribution in [2.45, 2.75) is 32.1 Å². The molecule has 0 atom stereocenters. The molecule has 0 aromatic heterocycles. The fourth-order valence-corrected chi connectivity index (χ4v) is 2.14. The molecule has 1 heteroatoms. The van der Waals surface area contributed by atoms with Gasteiger partial charge in [0.05, 0.1) is 0 Å². The normalized spacial score (nSPS) is 18.7. The lowest BCUT2D eigenvalue weighted by molar-refractivity contribution is 0.441. The van der Waals surface area contributed by atoms with Gasteiger partial charge in [-0.3, -0.25) is 0 Å². The molecule has 0 unspecified atom stereocenters. The van der Waals surface area contributed by atoms with Crippen LogP contribution in [0.25, 0.3) is 6.08 Å². The molecule has 0 nitrogen and oxygen atoms in total. The Kier molecular flexibility index (Phi) is 2.23. The van der Waals surface area contributed by atoms with E-state index < -0.39 is 0 Å². The van der Waals surface area contributed by atoms with Crippen LogP contribution < -0.4 is 0 Å². The number of fused-ring (bicyclic) bond motifs is 1. The van der Waals surface area contributed by atoms with Crippen LogP contribution in [0.3, 0.4) is 0 Å². The quantitative estimate of drug-likeness (QED) is 0.608. The zero-order chi connectivity index (χ0) is 10.3. The lowest BCUT2D eigenvalue weighted by atomic mass is 9.74. The summed E-state index contributed by atoms with van der Waals surface area (Å²) in [7, 11) is 0. The molecule has 0 aliphatic heterocycles. The van der Waals surface area contributed by atoms with Crippen LogP contribution in [0.15, 0.2) is 28.7 Å². The molecule has 1 aromatic carbocycles. The number of allylic oxidation sites excluding steroid dienone is 1. The molecule has 0 radical (unpaired) electrons. The molecule has 1 aliphatic carbocycles. The van der Waals surface area contributed by atoms with Gasteiger partial charge in [-0.25, -0.2) is 0 Å². The van der Waals surface area contributed by atoms with E-state index in [0.29, 0.717) is 5.41 Å². The number of hydrogen-bond donors (Lipinski definition) is 1. The van der Waals surface area contributed by atoms with Crippen molar-refractivity contribution < 1.29 is 0 Å². The third-order valence-corrected chi connectivity index (χ3v) is 3.48. The summed E-state index contributed by atoms with van der Waals surface area (Å²) < 4.78 is 0. The fraction of sp³-hybridized carbons (Fsp3) is 0.385. The first-order chi connectivity index (χ1) is 6.49. The van der Waals surface area contributed by atoms with Gasteiger partial charge in [-0.1, -0.05) is 31.6 Å². The molecule has 1 aliphatic rings. The second-order valence-electron chi connectivity index (χ2n) is 4.77. The summed E-state index contributed by atoms with van der Waals surface area (Å²) in [5.41, 5.74) is 4.56. The largest absolute Gasteiger partial charge is 0.143 e. The number of hydrogen-bond acceptors (Lipinski definition) is 1. The van der Waals surface area contributed by atoms with Crippen molar-refractivity contribution in [3.63, 3.8) is 0 Å². The summed E-state index contributed by atoms with van der Waals surface area (Å²) in [5, 5.41) is 0. The maximum absolute atomic E-state index is 4.36. The standard InChI is InChI=1S/C13H16S/c1-9-6-11-7-12(14)5-4-10(11)8-13(9,2)3/h4-7,14H,8H2,1-3H3. The summed E-state index contributed by atoms with van der Waals surface area (Å²) in [5.74, 6) is 0. The highest BCUT2D eigenvalue weighted by molar-refractivity contribution is 7.80. The minimum atomic E-state index is 0.311. The van der Waals surface area contributed by atoms with E-state index in [4.69, 9.17) is 0 Å². The molecular weight excluding hydrogens is 188 g/mol. The van der Waals surface area contributed by atoms with Crippen LogP contribution >= 0.6 is 12.6 Å². The van der Waals surface area contributed by atoms with Crippen LogP contribution in [0.1, 0.15) is 31.9 Å². The first-order valence-electron chi connectivity index (χ1n) is 5.00. The van der Waals surface area contributed by atoms with Crippen LogP contribution in [-0.4, -0.2) is 0 Å². The molecule has 0 amide bonds. The average Bonchev–Trinajstić information content (AvgIpc) is 2.08. The Balaban J connectivity index is 2.54. The number of benzene rings is 1. The molecule has 0 saturated heterocycles.